The molecule has 0 unspecified atom stereocenters. The SMILES string of the molecule is FC(F)(F)c1cccc(N(c2ccc(C3(c4ccc(N(c5cccc(C(F)(F)F)c5)c5cccc6ccccc56)cc4)CCCCC3)cc2)c2cccc3ccccc23)c1. The van der Waals surface area contributed by atoms with Gasteiger partial charge in [-0.2, -0.15) is 26.3 Å². The molecule has 1 saturated carbocycles. The molecule has 0 N–H and O–H groups in total. The van der Waals surface area contributed by atoms with Crippen LogP contribution in [0.1, 0.15) is 54.4 Å². The lowest BCUT2D eigenvalue weighted by Crippen LogP contribution is -2.30. The van der Waals surface area contributed by atoms with E-state index in [2.05, 4.69) is 24.3 Å². The van der Waals surface area contributed by atoms with E-state index in [9.17, 15) is 26.3 Å². The third-order valence-corrected chi connectivity index (χ3v) is 11.9. The van der Waals surface area contributed by atoms with Crippen molar-refractivity contribution in [2.24, 2.45) is 0 Å². The summed E-state index contributed by atoms with van der Waals surface area (Å²) in [6.45, 7) is 0. The van der Waals surface area contributed by atoms with Gasteiger partial charge in [0.2, 0.25) is 0 Å². The first-order chi connectivity index (χ1) is 29.0. The Kier molecular flexibility index (Phi) is 10.1. The number of benzene rings is 8. The van der Waals surface area contributed by atoms with Crippen LogP contribution in [-0.2, 0) is 17.8 Å². The fourth-order valence-electron chi connectivity index (χ4n) is 9.06. The van der Waals surface area contributed by atoms with E-state index in [1.165, 1.54) is 24.3 Å². The van der Waals surface area contributed by atoms with Crippen LogP contribution in [0.2, 0.25) is 0 Å². The Morgan fingerprint density at radius 3 is 1.17 bits per heavy atom. The second kappa shape index (κ2) is 15.6. The van der Waals surface area contributed by atoms with E-state index in [4.69, 9.17) is 0 Å². The van der Waals surface area contributed by atoms with Crippen molar-refractivity contribution in [1.29, 1.82) is 0 Å². The van der Waals surface area contributed by atoms with Gasteiger partial charge in [0, 0.05) is 38.9 Å². The van der Waals surface area contributed by atoms with Gasteiger partial charge in [0.1, 0.15) is 0 Å². The summed E-state index contributed by atoms with van der Waals surface area (Å²) in [4.78, 5) is 3.78. The van der Waals surface area contributed by atoms with E-state index < -0.39 is 23.5 Å². The Morgan fingerprint density at radius 2 is 0.750 bits per heavy atom. The summed E-state index contributed by atoms with van der Waals surface area (Å²) in [5.74, 6) is 0. The maximum atomic E-state index is 14.1. The van der Waals surface area contributed by atoms with Gasteiger partial charge in [0.05, 0.1) is 22.5 Å². The maximum Gasteiger partial charge on any atom is 0.416 e. The fraction of sp³-hybridized carbons (Fsp3) is 0.154. The third kappa shape index (κ3) is 7.36. The Bertz CT molecular complexity index is 2590. The molecule has 0 bridgehead atoms. The second-order valence-electron chi connectivity index (χ2n) is 15.5. The molecule has 300 valence electrons. The van der Waals surface area contributed by atoms with Crippen LogP contribution in [0, 0.1) is 0 Å². The van der Waals surface area contributed by atoms with Crippen molar-refractivity contribution < 1.29 is 26.3 Å². The van der Waals surface area contributed by atoms with Gasteiger partial charge in [-0.15, -0.1) is 0 Å². The number of fused-ring (bicyclic) bond motifs is 2. The summed E-state index contributed by atoms with van der Waals surface area (Å²) in [6, 6.07) is 54.6. The van der Waals surface area contributed by atoms with Crippen LogP contribution < -0.4 is 9.80 Å². The van der Waals surface area contributed by atoms with E-state index >= 15 is 0 Å². The van der Waals surface area contributed by atoms with Crippen molar-refractivity contribution in [2.75, 3.05) is 9.80 Å². The largest absolute Gasteiger partial charge is 0.416 e. The lowest BCUT2D eigenvalue weighted by molar-refractivity contribution is -0.138. The number of nitrogens with zero attached hydrogens (tertiary/aromatic N) is 2. The molecule has 2 nitrogen and oxygen atoms in total. The van der Waals surface area contributed by atoms with Gasteiger partial charge in [-0.05, 0) is 108 Å². The van der Waals surface area contributed by atoms with Crippen molar-refractivity contribution in [1.82, 2.24) is 0 Å². The van der Waals surface area contributed by atoms with E-state index in [0.29, 0.717) is 11.4 Å². The predicted octanol–water partition coefficient (Wildman–Crippen LogP) is 16.2. The highest BCUT2D eigenvalue weighted by Crippen LogP contribution is 2.48. The molecule has 1 fully saturated rings. The van der Waals surface area contributed by atoms with Gasteiger partial charge in [0.25, 0.3) is 0 Å². The van der Waals surface area contributed by atoms with Crippen LogP contribution in [-0.4, -0.2) is 0 Å². The molecule has 0 atom stereocenters. The zero-order valence-electron chi connectivity index (χ0n) is 32.5. The first-order valence-corrected chi connectivity index (χ1v) is 20.1. The smallest absolute Gasteiger partial charge is 0.310 e. The van der Waals surface area contributed by atoms with E-state index in [1.54, 1.807) is 12.1 Å². The fourth-order valence-corrected chi connectivity index (χ4v) is 9.06. The normalized spacial score (nSPS) is 14.3. The van der Waals surface area contributed by atoms with Crippen molar-refractivity contribution in [3.63, 3.8) is 0 Å². The molecule has 1 aliphatic rings. The molecule has 0 amide bonds. The number of hydrogen-bond acceptors (Lipinski definition) is 2. The number of rotatable bonds is 8. The van der Waals surface area contributed by atoms with E-state index in [-0.39, 0.29) is 5.41 Å². The van der Waals surface area contributed by atoms with Gasteiger partial charge in [-0.1, -0.05) is 128 Å². The minimum absolute atomic E-state index is 0.351. The molecule has 0 heterocycles. The van der Waals surface area contributed by atoms with Crippen LogP contribution in [0.15, 0.2) is 182 Å². The first kappa shape index (κ1) is 38.9. The van der Waals surface area contributed by atoms with Crippen molar-refractivity contribution in [3.8, 4) is 0 Å². The molecule has 0 radical (unpaired) electrons. The molecule has 8 heteroatoms. The number of alkyl halides is 6. The monoisotopic (exact) mass is 806 g/mol. The molecular weight excluding hydrogens is 767 g/mol. The summed E-state index contributed by atoms with van der Waals surface area (Å²) in [5, 5.41) is 3.77. The number of hydrogen-bond donors (Lipinski definition) is 0. The summed E-state index contributed by atoms with van der Waals surface area (Å²) < 4.78 is 84.3. The van der Waals surface area contributed by atoms with Crippen LogP contribution >= 0.6 is 0 Å². The van der Waals surface area contributed by atoms with E-state index in [1.807, 2.05) is 119 Å². The third-order valence-electron chi connectivity index (χ3n) is 11.9. The van der Waals surface area contributed by atoms with Gasteiger partial charge in [0.15, 0.2) is 0 Å². The molecule has 0 aromatic heterocycles. The number of anilines is 6. The van der Waals surface area contributed by atoms with Gasteiger partial charge in [-0.3, -0.25) is 0 Å². The molecule has 0 aliphatic heterocycles. The summed E-state index contributed by atoms with van der Waals surface area (Å²) in [6.07, 6.45) is -4.09. The topological polar surface area (TPSA) is 6.48 Å². The standard InChI is InChI=1S/C52H40F6N2/c53-51(54,55)40-16-10-18-44(34-40)59(48-22-8-14-36-12-2-4-20-46(36)48)42-28-24-38(25-29-42)50(32-6-1-7-33-50)39-26-30-43(31-27-39)60(45-19-11-17-41(35-45)52(56,57)58)49-23-9-15-37-13-3-5-21-47(37)49/h2-5,8-31,34-35H,1,6-7,32-33H2. The zero-order valence-corrected chi connectivity index (χ0v) is 32.5. The average molecular weight is 807 g/mol. The summed E-state index contributed by atoms with van der Waals surface area (Å²) in [7, 11) is 0. The van der Waals surface area contributed by atoms with Crippen LogP contribution in [0.4, 0.5) is 60.5 Å². The molecule has 8 aromatic carbocycles. The summed E-state index contributed by atoms with van der Waals surface area (Å²) in [5.41, 5.74) is 4.17. The molecule has 1 aliphatic carbocycles. The van der Waals surface area contributed by atoms with Crippen molar-refractivity contribution in [3.05, 3.63) is 204 Å². The first-order valence-electron chi connectivity index (χ1n) is 20.1. The highest BCUT2D eigenvalue weighted by Gasteiger charge is 2.37. The van der Waals surface area contributed by atoms with Gasteiger partial charge in [-0.25, -0.2) is 0 Å². The highest BCUT2D eigenvalue weighted by atomic mass is 19.4. The Morgan fingerprint density at radius 1 is 0.367 bits per heavy atom. The number of halogens is 6. The van der Waals surface area contributed by atoms with Crippen LogP contribution in [0.25, 0.3) is 21.5 Å². The molecule has 60 heavy (non-hydrogen) atoms. The average Bonchev–Trinajstić information content (AvgIpc) is 3.27. The van der Waals surface area contributed by atoms with Gasteiger partial charge < -0.3 is 9.80 Å². The second-order valence-corrected chi connectivity index (χ2v) is 15.5. The summed E-state index contributed by atoms with van der Waals surface area (Å²) >= 11 is 0. The zero-order chi connectivity index (χ0) is 41.5. The quantitative estimate of drug-likeness (QED) is 0.141. The van der Waals surface area contributed by atoms with Crippen LogP contribution in [0.3, 0.4) is 0 Å². The Labute approximate surface area is 345 Å². The molecule has 0 saturated heterocycles. The minimum Gasteiger partial charge on any atom is -0.310 e. The molecule has 8 aromatic rings. The predicted molar refractivity (Wildman–Crippen MR) is 231 cm³/mol. The lowest BCUT2D eigenvalue weighted by atomic mass is 9.65. The minimum atomic E-state index is -4.51. The maximum absolute atomic E-state index is 14.1. The molecule has 9 rings (SSSR count). The Hall–Kier alpha value is -6.54. The van der Waals surface area contributed by atoms with Crippen molar-refractivity contribution >= 4 is 55.7 Å². The van der Waals surface area contributed by atoms with Crippen molar-refractivity contribution in [2.45, 2.75) is 49.9 Å². The van der Waals surface area contributed by atoms with E-state index in [0.717, 1.165) is 99.7 Å². The lowest BCUT2D eigenvalue weighted by Gasteiger charge is -2.39. The molecular formula is C52H40F6N2. The molecule has 0 spiro atoms. The highest BCUT2D eigenvalue weighted by molar-refractivity contribution is 6.00. The Balaban J connectivity index is 1.13. The van der Waals surface area contributed by atoms with Crippen LogP contribution in [0.5, 0.6) is 0 Å². The van der Waals surface area contributed by atoms with Gasteiger partial charge >= 0.3 is 12.4 Å².